The number of aromatic nitrogens is 2. The summed E-state index contributed by atoms with van der Waals surface area (Å²) in [6, 6.07) is 7.13. The van der Waals surface area contributed by atoms with Crippen molar-refractivity contribution < 1.29 is 5.11 Å². The maximum atomic E-state index is 12.1. The number of fused-ring (bicyclic) bond motifs is 1. The molecule has 0 atom stereocenters. The molecule has 0 unspecified atom stereocenters. The van der Waals surface area contributed by atoms with Gasteiger partial charge in [-0.3, -0.25) is 4.79 Å². The lowest BCUT2D eigenvalue weighted by Gasteiger charge is -2.22. The zero-order valence-electron chi connectivity index (χ0n) is 10.7. The predicted molar refractivity (Wildman–Crippen MR) is 73.3 cm³/mol. The second-order valence-corrected chi connectivity index (χ2v) is 5.33. The molecule has 0 bridgehead atoms. The lowest BCUT2D eigenvalue weighted by molar-refractivity contribution is 0.0454. The summed E-state index contributed by atoms with van der Waals surface area (Å²) in [7, 11) is 0. The molecular formula is C14H17N3O2. The number of para-hydroxylation sites is 1. The van der Waals surface area contributed by atoms with Gasteiger partial charge in [-0.2, -0.15) is 0 Å². The Hall–Kier alpha value is -1.88. The van der Waals surface area contributed by atoms with Gasteiger partial charge in [0.05, 0.1) is 16.5 Å². The van der Waals surface area contributed by atoms with E-state index in [9.17, 15) is 9.90 Å². The molecule has 3 N–H and O–H groups in total. The Morgan fingerprint density at radius 2 is 2.00 bits per heavy atom. The Bertz CT molecular complexity index is 672. The highest BCUT2D eigenvalue weighted by atomic mass is 16.3. The Labute approximate surface area is 110 Å². The lowest BCUT2D eigenvalue weighted by atomic mass is 9.97. The van der Waals surface area contributed by atoms with E-state index in [1.165, 1.54) is 0 Å². The number of nitrogen functional groups attached to an aromatic ring is 1. The van der Waals surface area contributed by atoms with Crippen LogP contribution in [0.4, 0.5) is 0 Å². The standard InChI is InChI=1S/C14H17N3O2/c15-17-12(9-14(19)7-3-4-8-14)16-11-6-2-1-5-10(11)13(17)18/h1-2,5-6,19H,3-4,7-9,15H2. The van der Waals surface area contributed by atoms with Gasteiger partial charge >= 0.3 is 0 Å². The number of rotatable bonds is 2. The number of nitrogens with zero attached hydrogens (tertiary/aromatic N) is 2. The molecule has 1 fully saturated rings. The second kappa shape index (κ2) is 4.35. The van der Waals surface area contributed by atoms with Crippen molar-refractivity contribution >= 4 is 10.9 Å². The zero-order valence-corrected chi connectivity index (χ0v) is 10.7. The summed E-state index contributed by atoms with van der Waals surface area (Å²) in [5.41, 5.74) is -0.392. The smallest absolute Gasteiger partial charge is 0.279 e. The van der Waals surface area contributed by atoms with Crippen molar-refractivity contribution in [1.29, 1.82) is 0 Å². The van der Waals surface area contributed by atoms with E-state index in [1.54, 1.807) is 18.2 Å². The van der Waals surface area contributed by atoms with Crippen molar-refractivity contribution in [1.82, 2.24) is 9.66 Å². The van der Waals surface area contributed by atoms with E-state index < -0.39 is 5.60 Å². The number of benzene rings is 1. The molecule has 0 radical (unpaired) electrons. The van der Waals surface area contributed by atoms with Gasteiger partial charge in [-0.25, -0.2) is 9.66 Å². The average molecular weight is 259 g/mol. The minimum atomic E-state index is -0.761. The molecule has 1 saturated carbocycles. The number of hydrogen-bond donors (Lipinski definition) is 2. The Morgan fingerprint density at radius 1 is 1.32 bits per heavy atom. The summed E-state index contributed by atoms with van der Waals surface area (Å²) < 4.78 is 1.07. The van der Waals surface area contributed by atoms with Crippen LogP contribution in [0.15, 0.2) is 29.1 Å². The van der Waals surface area contributed by atoms with E-state index in [2.05, 4.69) is 4.98 Å². The van der Waals surface area contributed by atoms with Crippen LogP contribution in [0, 0.1) is 0 Å². The van der Waals surface area contributed by atoms with Crippen LogP contribution in [0.2, 0.25) is 0 Å². The maximum absolute atomic E-state index is 12.1. The van der Waals surface area contributed by atoms with Crippen LogP contribution in [0.1, 0.15) is 31.5 Å². The van der Waals surface area contributed by atoms with Crippen LogP contribution in [0.5, 0.6) is 0 Å². The van der Waals surface area contributed by atoms with Crippen LogP contribution in [-0.4, -0.2) is 20.4 Å². The molecule has 0 aliphatic heterocycles. The van der Waals surface area contributed by atoms with Crippen molar-refractivity contribution in [2.75, 3.05) is 5.84 Å². The van der Waals surface area contributed by atoms with Gasteiger partial charge in [0, 0.05) is 6.42 Å². The first-order valence-corrected chi connectivity index (χ1v) is 6.57. The Morgan fingerprint density at radius 3 is 2.74 bits per heavy atom. The van der Waals surface area contributed by atoms with Crippen molar-refractivity contribution in [2.24, 2.45) is 0 Å². The lowest BCUT2D eigenvalue weighted by Crippen LogP contribution is -2.37. The molecule has 1 aliphatic rings. The molecule has 0 saturated heterocycles. The third-order valence-electron chi connectivity index (χ3n) is 3.90. The van der Waals surface area contributed by atoms with E-state index in [1.807, 2.05) is 6.07 Å². The summed E-state index contributed by atoms with van der Waals surface area (Å²) in [5.74, 6) is 6.27. The summed E-state index contributed by atoms with van der Waals surface area (Å²) in [6.45, 7) is 0. The quantitative estimate of drug-likeness (QED) is 0.787. The largest absolute Gasteiger partial charge is 0.389 e. The molecular weight excluding hydrogens is 242 g/mol. The first-order chi connectivity index (χ1) is 9.09. The molecule has 3 rings (SSSR count). The monoisotopic (exact) mass is 259 g/mol. The number of nitrogens with two attached hydrogens (primary N) is 1. The summed E-state index contributed by atoms with van der Waals surface area (Å²) >= 11 is 0. The molecule has 5 nitrogen and oxygen atoms in total. The number of aliphatic hydroxyl groups is 1. The molecule has 0 spiro atoms. The van der Waals surface area contributed by atoms with Crippen LogP contribution < -0.4 is 11.4 Å². The van der Waals surface area contributed by atoms with Crippen molar-refractivity contribution in [3.63, 3.8) is 0 Å². The molecule has 1 heterocycles. The highest BCUT2D eigenvalue weighted by molar-refractivity contribution is 5.77. The molecule has 5 heteroatoms. The van der Waals surface area contributed by atoms with Crippen LogP contribution in [0.3, 0.4) is 0 Å². The van der Waals surface area contributed by atoms with Gasteiger partial charge in [0.25, 0.3) is 5.56 Å². The molecule has 100 valence electrons. The fourth-order valence-electron chi connectivity index (χ4n) is 2.82. The third-order valence-corrected chi connectivity index (χ3v) is 3.90. The van der Waals surface area contributed by atoms with Crippen molar-refractivity contribution in [3.05, 3.63) is 40.4 Å². The van der Waals surface area contributed by atoms with Gasteiger partial charge < -0.3 is 10.9 Å². The third kappa shape index (κ3) is 2.10. The first kappa shape index (κ1) is 12.2. The Balaban J connectivity index is 2.09. The fraction of sp³-hybridized carbons (Fsp3) is 0.429. The van der Waals surface area contributed by atoms with Crippen LogP contribution in [-0.2, 0) is 6.42 Å². The molecule has 2 aromatic rings. The van der Waals surface area contributed by atoms with Gasteiger partial charge in [0.2, 0.25) is 0 Å². The predicted octanol–water partition coefficient (Wildman–Crippen LogP) is 0.958. The van der Waals surface area contributed by atoms with E-state index in [0.717, 1.165) is 30.4 Å². The van der Waals surface area contributed by atoms with Crippen LogP contribution in [0.25, 0.3) is 10.9 Å². The highest BCUT2D eigenvalue weighted by Gasteiger charge is 2.32. The van der Waals surface area contributed by atoms with E-state index in [4.69, 9.17) is 5.84 Å². The van der Waals surface area contributed by atoms with Crippen LogP contribution >= 0.6 is 0 Å². The Kier molecular flexibility index (Phi) is 2.78. The van der Waals surface area contributed by atoms with E-state index in [0.29, 0.717) is 23.1 Å². The second-order valence-electron chi connectivity index (χ2n) is 5.33. The molecule has 1 aromatic carbocycles. The van der Waals surface area contributed by atoms with Crippen molar-refractivity contribution in [3.8, 4) is 0 Å². The summed E-state index contributed by atoms with van der Waals surface area (Å²) in [6.07, 6.45) is 3.85. The molecule has 19 heavy (non-hydrogen) atoms. The minimum Gasteiger partial charge on any atom is -0.389 e. The first-order valence-electron chi connectivity index (χ1n) is 6.57. The van der Waals surface area contributed by atoms with Gasteiger partial charge in [0.15, 0.2) is 0 Å². The SMILES string of the molecule is Nn1c(CC2(O)CCCC2)nc2ccccc2c1=O. The topological polar surface area (TPSA) is 81.1 Å². The molecule has 0 amide bonds. The van der Waals surface area contributed by atoms with E-state index in [-0.39, 0.29) is 5.56 Å². The van der Waals surface area contributed by atoms with Crippen molar-refractivity contribution in [2.45, 2.75) is 37.7 Å². The molecule has 1 aromatic heterocycles. The van der Waals surface area contributed by atoms with Gasteiger partial charge in [-0.1, -0.05) is 25.0 Å². The van der Waals surface area contributed by atoms with Gasteiger partial charge in [-0.05, 0) is 25.0 Å². The van der Waals surface area contributed by atoms with E-state index >= 15 is 0 Å². The maximum Gasteiger partial charge on any atom is 0.279 e. The summed E-state index contributed by atoms with van der Waals surface area (Å²) in [4.78, 5) is 16.6. The fourth-order valence-corrected chi connectivity index (χ4v) is 2.82. The minimum absolute atomic E-state index is 0.262. The number of hydrogen-bond acceptors (Lipinski definition) is 4. The zero-order chi connectivity index (χ0) is 13.5. The average Bonchev–Trinajstić information content (AvgIpc) is 2.82. The highest BCUT2D eigenvalue weighted by Crippen LogP contribution is 2.31. The molecule has 1 aliphatic carbocycles. The summed E-state index contributed by atoms with van der Waals surface area (Å²) in [5, 5.41) is 10.9. The normalized spacial score (nSPS) is 17.9. The van der Waals surface area contributed by atoms with Gasteiger partial charge in [-0.15, -0.1) is 0 Å². The van der Waals surface area contributed by atoms with Gasteiger partial charge in [0.1, 0.15) is 5.82 Å².